The molecule has 1 aromatic carbocycles. The molecule has 0 heterocycles. The van der Waals surface area contributed by atoms with E-state index in [4.69, 9.17) is 25.8 Å². The first kappa shape index (κ1) is 15.7. The zero-order valence-electron chi connectivity index (χ0n) is 12.5. The molecule has 0 amide bonds. The number of rotatable bonds is 5. The van der Waals surface area contributed by atoms with Gasteiger partial charge < -0.3 is 14.2 Å². The first-order valence-electron chi connectivity index (χ1n) is 6.85. The van der Waals surface area contributed by atoms with E-state index in [-0.39, 0.29) is 5.24 Å². The molecule has 4 nitrogen and oxygen atoms in total. The number of hydrogen-bond donors (Lipinski definition) is 0. The Bertz CT molecular complexity index is 578. The van der Waals surface area contributed by atoms with Crippen LogP contribution in [0, 0.1) is 0 Å². The summed E-state index contributed by atoms with van der Waals surface area (Å²) in [4.78, 5) is 11.7. The zero-order chi connectivity index (χ0) is 15.4. The fourth-order valence-corrected chi connectivity index (χ4v) is 2.97. The second-order valence-electron chi connectivity index (χ2n) is 4.82. The lowest BCUT2D eigenvalue weighted by atomic mass is 9.87. The first-order chi connectivity index (χ1) is 10.1. The van der Waals surface area contributed by atoms with E-state index >= 15 is 0 Å². The standard InChI is InChI=1S/C16H19ClO4/c1-19-13-9-8-11(14(20-2)15(13)21-3)10-6-4-5-7-12(10)16(17)18/h8-9H,4-7H2,1-3H3. The van der Waals surface area contributed by atoms with Crippen LogP contribution in [0.3, 0.4) is 0 Å². The molecule has 0 saturated heterocycles. The van der Waals surface area contributed by atoms with E-state index in [0.717, 1.165) is 30.4 Å². The van der Waals surface area contributed by atoms with E-state index in [0.29, 0.717) is 29.2 Å². The molecule has 0 spiro atoms. The second-order valence-corrected chi connectivity index (χ2v) is 5.16. The number of benzene rings is 1. The van der Waals surface area contributed by atoms with Crippen LogP contribution in [0.25, 0.3) is 5.57 Å². The van der Waals surface area contributed by atoms with Gasteiger partial charge in [-0.2, -0.15) is 0 Å². The highest BCUT2D eigenvalue weighted by Gasteiger charge is 2.24. The van der Waals surface area contributed by atoms with Crippen molar-refractivity contribution in [2.75, 3.05) is 21.3 Å². The molecule has 1 aliphatic carbocycles. The quantitative estimate of drug-likeness (QED) is 0.776. The van der Waals surface area contributed by atoms with Crippen LogP contribution in [0.5, 0.6) is 17.2 Å². The van der Waals surface area contributed by atoms with Gasteiger partial charge in [0.05, 0.1) is 21.3 Å². The molecule has 0 fully saturated rings. The molecule has 0 saturated carbocycles. The smallest absolute Gasteiger partial charge is 0.248 e. The van der Waals surface area contributed by atoms with Gasteiger partial charge in [0.25, 0.3) is 0 Å². The highest BCUT2D eigenvalue weighted by Crippen LogP contribution is 2.45. The fourth-order valence-electron chi connectivity index (χ4n) is 2.76. The van der Waals surface area contributed by atoms with Gasteiger partial charge in [-0.1, -0.05) is 0 Å². The molecule has 1 aromatic rings. The third-order valence-electron chi connectivity index (χ3n) is 3.73. The van der Waals surface area contributed by atoms with Crippen LogP contribution < -0.4 is 14.2 Å². The summed E-state index contributed by atoms with van der Waals surface area (Å²) in [5.74, 6) is 1.69. The zero-order valence-corrected chi connectivity index (χ0v) is 13.3. The highest BCUT2D eigenvalue weighted by molar-refractivity contribution is 6.68. The monoisotopic (exact) mass is 310 g/mol. The van der Waals surface area contributed by atoms with Crippen LogP contribution in [0.1, 0.15) is 31.2 Å². The highest BCUT2D eigenvalue weighted by atomic mass is 35.5. The summed E-state index contributed by atoms with van der Waals surface area (Å²) in [5.41, 5.74) is 2.46. The minimum atomic E-state index is -0.387. The molecule has 2 rings (SSSR count). The lowest BCUT2D eigenvalue weighted by molar-refractivity contribution is -0.108. The molecule has 0 radical (unpaired) electrons. The summed E-state index contributed by atoms with van der Waals surface area (Å²) in [6.45, 7) is 0. The fraction of sp³-hybridized carbons (Fsp3) is 0.438. The summed E-state index contributed by atoms with van der Waals surface area (Å²) in [6.07, 6.45) is 3.52. The SMILES string of the molecule is COc1ccc(C2=C(C(=O)Cl)CCCC2)c(OC)c1OC. The summed E-state index contributed by atoms with van der Waals surface area (Å²) in [6, 6.07) is 3.70. The summed E-state index contributed by atoms with van der Waals surface area (Å²) < 4.78 is 16.2. The number of allylic oxidation sites excluding steroid dienone is 2. The van der Waals surface area contributed by atoms with E-state index in [1.165, 1.54) is 0 Å². The van der Waals surface area contributed by atoms with Crippen molar-refractivity contribution in [2.45, 2.75) is 25.7 Å². The van der Waals surface area contributed by atoms with Gasteiger partial charge in [-0.3, -0.25) is 4.79 Å². The summed E-state index contributed by atoms with van der Waals surface area (Å²) in [7, 11) is 4.71. The Kier molecular flexibility index (Phi) is 5.12. The van der Waals surface area contributed by atoms with Gasteiger partial charge in [-0.25, -0.2) is 0 Å². The number of ether oxygens (including phenoxy) is 3. The van der Waals surface area contributed by atoms with Crippen LogP contribution in [-0.2, 0) is 4.79 Å². The van der Waals surface area contributed by atoms with Gasteiger partial charge in [-0.05, 0) is 55.0 Å². The van der Waals surface area contributed by atoms with E-state index in [1.807, 2.05) is 12.1 Å². The third kappa shape index (κ3) is 3.00. The van der Waals surface area contributed by atoms with Crippen LogP contribution in [-0.4, -0.2) is 26.6 Å². The van der Waals surface area contributed by atoms with E-state index in [2.05, 4.69) is 0 Å². The van der Waals surface area contributed by atoms with Gasteiger partial charge in [0, 0.05) is 11.1 Å². The molecule has 0 unspecified atom stereocenters. The van der Waals surface area contributed by atoms with Crippen LogP contribution >= 0.6 is 11.6 Å². The first-order valence-corrected chi connectivity index (χ1v) is 7.23. The van der Waals surface area contributed by atoms with Crippen molar-refractivity contribution in [2.24, 2.45) is 0 Å². The molecule has 5 heteroatoms. The maximum Gasteiger partial charge on any atom is 0.248 e. The number of methoxy groups -OCH3 is 3. The van der Waals surface area contributed by atoms with Crippen LogP contribution in [0.4, 0.5) is 0 Å². The van der Waals surface area contributed by atoms with Gasteiger partial charge in [0.15, 0.2) is 11.5 Å². The molecule has 0 atom stereocenters. The van der Waals surface area contributed by atoms with E-state index in [1.54, 1.807) is 21.3 Å². The Morgan fingerprint density at radius 3 is 2.24 bits per heavy atom. The lowest BCUT2D eigenvalue weighted by Crippen LogP contribution is -2.07. The Morgan fingerprint density at radius 2 is 1.67 bits per heavy atom. The molecule has 1 aliphatic rings. The summed E-state index contributed by atoms with van der Waals surface area (Å²) in [5, 5.41) is -0.387. The minimum Gasteiger partial charge on any atom is -0.493 e. The second kappa shape index (κ2) is 6.85. The Morgan fingerprint density at radius 1 is 1.00 bits per heavy atom. The van der Waals surface area contributed by atoms with Crippen molar-refractivity contribution in [3.63, 3.8) is 0 Å². The Labute approximate surface area is 129 Å². The molecular weight excluding hydrogens is 292 g/mol. The van der Waals surface area contributed by atoms with Gasteiger partial charge in [-0.15, -0.1) is 0 Å². The van der Waals surface area contributed by atoms with Gasteiger partial charge >= 0.3 is 0 Å². The molecule has 0 aromatic heterocycles. The maximum atomic E-state index is 11.7. The van der Waals surface area contributed by atoms with Crippen LogP contribution in [0.15, 0.2) is 17.7 Å². The van der Waals surface area contributed by atoms with Gasteiger partial charge in [0.2, 0.25) is 11.0 Å². The topological polar surface area (TPSA) is 44.8 Å². The number of carbonyl (C=O) groups excluding carboxylic acids is 1. The summed E-state index contributed by atoms with van der Waals surface area (Å²) >= 11 is 5.74. The van der Waals surface area contributed by atoms with E-state index in [9.17, 15) is 4.79 Å². The molecule has 0 bridgehead atoms. The Balaban J connectivity index is 2.65. The molecule has 21 heavy (non-hydrogen) atoms. The van der Waals surface area contributed by atoms with Crippen molar-refractivity contribution in [1.29, 1.82) is 0 Å². The lowest BCUT2D eigenvalue weighted by Gasteiger charge is -2.22. The van der Waals surface area contributed by atoms with Crippen molar-refractivity contribution in [1.82, 2.24) is 0 Å². The Hall–Kier alpha value is -1.68. The molecule has 0 aliphatic heterocycles. The molecule has 0 N–H and O–H groups in total. The number of halogens is 1. The molecular formula is C16H19ClO4. The van der Waals surface area contributed by atoms with Crippen molar-refractivity contribution < 1.29 is 19.0 Å². The average Bonchev–Trinajstić information content (AvgIpc) is 2.53. The predicted octanol–water partition coefficient (Wildman–Crippen LogP) is 3.81. The van der Waals surface area contributed by atoms with Crippen molar-refractivity contribution >= 4 is 22.4 Å². The predicted molar refractivity (Wildman–Crippen MR) is 82.3 cm³/mol. The maximum absolute atomic E-state index is 11.7. The number of carbonyl (C=O) groups is 1. The van der Waals surface area contributed by atoms with E-state index < -0.39 is 0 Å². The van der Waals surface area contributed by atoms with Crippen molar-refractivity contribution in [3.8, 4) is 17.2 Å². The average molecular weight is 311 g/mol. The van der Waals surface area contributed by atoms with Crippen LogP contribution in [0.2, 0.25) is 0 Å². The largest absolute Gasteiger partial charge is 0.493 e. The minimum absolute atomic E-state index is 0.387. The van der Waals surface area contributed by atoms with Gasteiger partial charge in [0.1, 0.15) is 0 Å². The third-order valence-corrected chi connectivity index (χ3v) is 3.96. The number of hydrogen-bond acceptors (Lipinski definition) is 4. The van der Waals surface area contributed by atoms with Crippen molar-refractivity contribution in [3.05, 3.63) is 23.3 Å². The normalized spacial score (nSPS) is 14.9. The molecule has 114 valence electrons.